The number of hydrogen-bond donors (Lipinski definition) is 2. The first-order chi connectivity index (χ1) is 5.27. The van der Waals surface area contributed by atoms with Gasteiger partial charge in [0.25, 0.3) is 0 Å². The summed E-state index contributed by atoms with van der Waals surface area (Å²) in [7, 11) is 1.22. The molecule has 1 fully saturated rings. The van der Waals surface area contributed by atoms with Crippen LogP contribution in [0.4, 0.5) is 4.79 Å². The third-order valence-electron chi connectivity index (χ3n) is 1.05. The second-order valence-electron chi connectivity index (χ2n) is 1.89. The average molecular weight is 162 g/mol. The zero-order valence-corrected chi connectivity index (χ0v) is 6.63. The lowest BCUT2D eigenvalue weighted by Gasteiger charge is -2.10. The Balaban J connectivity index is 0.000000187. The minimum Gasteiger partial charge on any atom is -0.453 e. The number of methoxy groups -OCH3 is 1. The van der Waals surface area contributed by atoms with Gasteiger partial charge in [-0.15, -0.1) is 0 Å². The van der Waals surface area contributed by atoms with E-state index in [0.717, 1.165) is 26.3 Å². The molecule has 5 heteroatoms. The highest BCUT2D eigenvalue weighted by atomic mass is 16.5. The minimum atomic E-state index is -0.745. The van der Waals surface area contributed by atoms with Crippen LogP contribution in [0.25, 0.3) is 0 Å². The molecule has 0 bridgehead atoms. The predicted molar refractivity (Wildman–Crippen MR) is 40.3 cm³/mol. The molecule has 0 spiro atoms. The quantitative estimate of drug-likeness (QED) is 0.495. The minimum absolute atomic E-state index is 0.745. The Labute approximate surface area is 65.8 Å². The van der Waals surface area contributed by atoms with Gasteiger partial charge in [0, 0.05) is 13.1 Å². The Bertz CT molecular complexity index is 92.5. The van der Waals surface area contributed by atoms with Crippen molar-refractivity contribution in [2.75, 3.05) is 33.4 Å². The van der Waals surface area contributed by atoms with Crippen molar-refractivity contribution in [2.45, 2.75) is 0 Å². The molecule has 0 atom stereocenters. The van der Waals surface area contributed by atoms with Gasteiger partial charge in [0.15, 0.2) is 0 Å². The Morgan fingerprint density at radius 3 is 2.09 bits per heavy atom. The fourth-order valence-electron chi connectivity index (χ4n) is 0.516. The number of amides is 1. The lowest BCUT2D eigenvalue weighted by atomic mass is 10.5. The van der Waals surface area contributed by atoms with Crippen molar-refractivity contribution < 1.29 is 14.3 Å². The SMILES string of the molecule is C1COCCN1.COC(N)=O. The molecule has 0 aliphatic carbocycles. The molecule has 11 heavy (non-hydrogen) atoms. The normalized spacial score (nSPS) is 16.1. The van der Waals surface area contributed by atoms with E-state index in [4.69, 9.17) is 4.74 Å². The molecule has 66 valence electrons. The molecule has 0 aromatic rings. The number of carbonyl (C=O) groups excluding carboxylic acids is 1. The van der Waals surface area contributed by atoms with Gasteiger partial charge in [0.05, 0.1) is 20.3 Å². The summed E-state index contributed by atoms with van der Waals surface area (Å²) >= 11 is 0. The number of nitrogens with two attached hydrogens (primary N) is 1. The van der Waals surface area contributed by atoms with Crippen LogP contribution < -0.4 is 11.1 Å². The Hall–Kier alpha value is -0.810. The van der Waals surface area contributed by atoms with Crippen molar-refractivity contribution in [3.63, 3.8) is 0 Å². The van der Waals surface area contributed by atoms with Crippen molar-refractivity contribution in [3.05, 3.63) is 0 Å². The van der Waals surface area contributed by atoms with E-state index >= 15 is 0 Å². The molecule has 1 rings (SSSR count). The van der Waals surface area contributed by atoms with Crippen LogP contribution in [-0.4, -0.2) is 39.5 Å². The van der Waals surface area contributed by atoms with Gasteiger partial charge in [-0.2, -0.15) is 0 Å². The van der Waals surface area contributed by atoms with Crippen LogP contribution >= 0.6 is 0 Å². The summed E-state index contributed by atoms with van der Waals surface area (Å²) in [6.45, 7) is 3.83. The molecular formula is C6H14N2O3. The molecule has 1 heterocycles. The van der Waals surface area contributed by atoms with Gasteiger partial charge in [-0.3, -0.25) is 0 Å². The van der Waals surface area contributed by atoms with Crippen LogP contribution in [0.2, 0.25) is 0 Å². The van der Waals surface area contributed by atoms with E-state index in [1.54, 1.807) is 0 Å². The molecule has 1 aliphatic rings. The molecule has 1 aliphatic heterocycles. The van der Waals surface area contributed by atoms with Gasteiger partial charge >= 0.3 is 6.09 Å². The fraction of sp³-hybridized carbons (Fsp3) is 0.833. The summed E-state index contributed by atoms with van der Waals surface area (Å²) in [6.07, 6.45) is -0.745. The molecule has 3 N–H and O–H groups in total. The summed E-state index contributed by atoms with van der Waals surface area (Å²) < 4.78 is 8.90. The van der Waals surface area contributed by atoms with E-state index in [1.807, 2.05) is 0 Å². The molecule has 0 aromatic heterocycles. The summed E-state index contributed by atoms with van der Waals surface area (Å²) in [5.74, 6) is 0. The third kappa shape index (κ3) is 9.19. The second kappa shape index (κ2) is 7.30. The number of ether oxygens (including phenoxy) is 2. The Kier molecular flexibility index (Phi) is 6.76. The topological polar surface area (TPSA) is 73.6 Å². The van der Waals surface area contributed by atoms with Gasteiger partial charge < -0.3 is 20.5 Å². The van der Waals surface area contributed by atoms with Gasteiger partial charge in [-0.05, 0) is 0 Å². The molecule has 0 unspecified atom stereocenters. The van der Waals surface area contributed by atoms with Gasteiger partial charge in [0.2, 0.25) is 0 Å². The maximum Gasteiger partial charge on any atom is 0.404 e. The number of primary amides is 1. The first kappa shape index (κ1) is 10.2. The predicted octanol–water partition coefficient (Wildman–Crippen LogP) is -0.682. The van der Waals surface area contributed by atoms with Crippen molar-refractivity contribution in [1.29, 1.82) is 0 Å². The largest absolute Gasteiger partial charge is 0.453 e. The number of rotatable bonds is 0. The van der Waals surface area contributed by atoms with E-state index in [9.17, 15) is 4.79 Å². The fourth-order valence-corrected chi connectivity index (χ4v) is 0.516. The number of morpholine rings is 1. The summed E-state index contributed by atoms with van der Waals surface area (Å²) in [6, 6.07) is 0. The Morgan fingerprint density at radius 1 is 1.55 bits per heavy atom. The lowest BCUT2D eigenvalue weighted by molar-refractivity contribution is 0.109. The summed E-state index contributed by atoms with van der Waals surface area (Å²) in [5, 5.41) is 3.16. The summed E-state index contributed by atoms with van der Waals surface area (Å²) in [5.41, 5.74) is 4.43. The van der Waals surface area contributed by atoms with Gasteiger partial charge in [-0.25, -0.2) is 4.79 Å². The van der Waals surface area contributed by atoms with Gasteiger partial charge in [-0.1, -0.05) is 0 Å². The Morgan fingerprint density at radius 2 is 2.00 bits per heavy atom. The first-order valence-electron chi connectivity index (χ1n) is 3.39. The molecule has 5 nitrogen and oxygen atoms in total. The van der Waals surface area contributed by atoms with Crippen molar-refractivity contribution >= 4 is 6.09 Å². The van der Waals surface area contributed by atoms with E-state index in [-0.39, 0.29) is 0 Å². The number of nitrogens with one attached hydrogen (secondary N) is 1. The maximum atomic E-state index is 9.37. The van der Waals surface area contributed by atoms with Crippen molar-refractivity contribution in [1.82, 2.24) is 5.32 Å². The van der Waals surface area contributed by atoms with Crippen molar-refractivity contribution in [2.24, 2.45) is 5.73 Å². The van der Waals surface area contributed by atoms with E-state index in [0.29, 0.717) is 0 Å². The van der Waals surface area contributed by atoms with Crippen LogP contribution in [0, 0.1) is 0 Å². The molecular weight excluding hydrogens is 148 g/mol. The second-order valence-corrected chi connectivity index (χ2v) is 1.89. The molecule has 0 aromatic carbocycles. The molecule has 1 saturated heterocycles. The highest BCUT2D eigenvalue weighted by molar-refractivity contribution is 5.64. The monoisotopic (exact) mass is 162 g/mol. The molecule has 1 amide bonds. The highest BCUT2D eigenvalue weighted by Crippen LogP contribution is 1.76. The van der Waals surface area contributed by atoms with Crippen LogP contribution in [0.5, 0.6) is 0 Å². The zero-order valence-electron chi connectivity index (χ0n) is 6.63. The van der Waals surface area contributed by atoms with Crippen molar-refractivity contribution in [3.8, 4) is 0 Å². The summed E-state index contributed by atoms with van der Waals surface area (Å²) in [4.78, 5) is 9.37. The van der Waals surface area contributed by atoms with Crippen LogP contribution in [0.1, 0.15) is 0 Å². The van der Waals surface area contributed by atoms with E-state index in [1.165, 1.54) is 7.11 Å². The molecule has 0 radical (unpaired) electrons. The highest BCUT2D eigenvalue weighted by Gasteiger charge is 1.92. The first-order valence-corrected chi connectivity index (χ1v) is 3.39. The van der Waals surface area contributed by atoms with E-state index < -0.39 is 6.09 Å². The smallest absolute Gasteiger partial charge is 0.404 e. The van der Waals surface area contributed by atoms with Crippen LogP contribution in [0.3, 0.4) is 0 Å². The molecule has 0 saturated carbocycles. The van der Waals surface area contributed by atoms with Gasteiger partial charge in [0.1, 0.15) is 0 Å². The van der Waals surface area contributed by atoms with Crippen LogP contribution in [0.15, 0.2) is 0 Å². The standard InChI is InChI=1S/C4H9NO.C2H5NO2/c1-3-6-4-2-5-1;1-5-2(3)4/h5H,1-4H2;1H3,(H2,3,4). The lowest BCUT2D eigenvalue weighted by Crippen LogP contribution is -2.30. The average Bonchev–Trinajstić information content (AvgIpc) is 2.09. The number of carbonyl (C=O) groups is 1. The third-order valence-corrected chi connectivity index (χ3v) is 1.05. The van der Waals surface area contributed by atoms with E-state index in [2.05, 4.69) is 15.8 Å². The maximum absolute atomic E-state index is 9.37. The van der Waals surface area contributed by atoms with Crippen LogP contribution in [-0.2, 0) is 9.47 Å². The number of hydrogen-bond acceptors (Lipinski definition) is 4. The zero-order chi connectivity index (χ0) is 8.53.